The van der Waals surface area contributed by atoms with Crippen LogP contribution in [0.15, 0.2) is 52.3 Å². The number of rotatable bonds is 3. The average molecular weight is 408 g/mol. The van der Waals surface area contributed by atoms with Crippen molar-refractivity contribution in [2.75, 3.05) is 25.9 Å². The van der Waals surface area contributed by atoms with E-state index in [0.29, 0.717) is 21.7 Å². The van der Waals surface area contributed by atoms with Crippen molar-refractivity contribution in [2.24, 2.45) is 0 Å². The molecule has 0 unspecified atom stereocenters. The van der Waals surface area contributed by atoms with Crippen LogP contribution in [0.5, 0.6) is 11.5 Å². The third-order valence-electron chi connectivity index (χ3n) is 3.59. The molecule has 0 aromatic heterocycles. The Morgan fingerprint density at radius 2 is 1.88 bits per heavy atom. The monoisotopic (exact) mass is 407 g/mol. The molecule has 2 aliphatic heterocycles. The first-order valence-corrected chi connectivity index (χ1v) is 8.01. The average Bonchev–Trinajstić information content (AvgIpc) is 2.99. The van der Waals surface area contributed by atoms with E-state index in [0.717, 1.165) is 0 Å². The first kappa shape index (κ1) is 17.1. The van der Waals surface area contributed by atoms with E-state index < -0.39 is 11.9 Å². The van der Waals surface area contributed by atoms with Gasteiger partial charge in [-0.15, -0.1) is 0 Å². The summed E-state index contributed by atoms with van der Waals surface area (Å²) in [4.78, 5) is 26.2. The third-order valence-corrected chi connectivity index (χ3v) is 4.23. The number of carbonyl (C=O) groups excluding carboxylic acids is 2. The molecular formula is C17H14BrNO6. The van der Waals surface area contributed by atoms with Gasteiger partial charge in [-0.25, -0.2) is 9.59 Å². The summed E-state index contributed by atoms with van der Waals surface area (Å²) < 4.78 is 21.3. The number of hydrogen-bond acceptors (Lipinski definition) is 7. The Labute approximate surface area is 152 Å². The molecule has 0 aliphatic carbocycles. The minimum absolute atomic E-state index is 0.00366. The lowest BCUT2D eigenvalue weighted by Gasteiger charge is -2.25. The number of nitrogens with zero attached hydrogens (tertiary/aromatic N) is 1. The van der Waals surface area contributed by atoms with Gasteiger partial charge in [0.15, 0.2) is 11.5 Å². The number of halogens is 1. The molecule has 1 aromatic rings. The Balaban J connectivity index is 2.25. The molecule has 8 heteroatoms. The molecule has 0 spiro atoms. The molecule has 0 N–H and O–H groups in total. The first-order chi connectivity index (χ1) is 12.1. The molecule has 0 fully saturated rings. The maximum atomic E-state index is 12.5. The molecule has 2 aliphatic rings. The van der Waals surface area contributed by atoms with Crippen LogP contribution in [0.4, 0.5) is 5.69 Å². The SMILES string of the molecule is COC(=O)C1=C(C(=O)OC)N(c2c(Br)ccc3c2OCO3)C=CC=C1. The zero-order chi connectivity index (χ0) is 18.0. The van der Waals surface area contributed by atoms with Gasteiger partial charge in [-0.3, -0.25) is 0 Å². The molecule has 0 bridgehead atoms. The number of ether oxygens (including phenoxy) is 4. The van der Waals surface area contributed by atoms with E-state index in [1.54, 1.807) is 30.5 Å². The minimum atomic E-state index is -0.694. The predicted octanol–water partition coefficient (Wildman–Crippen LogP) is 2.67. The van der Waals surface area contributed by atoms with Crippen LogP contribution in [0.2, 0.25) is 0 Å². The summed E-state index contributed by atoms with van der Waals surface area (Å²) in [6.45, 7) is 0.0652. The maximum Gasteiger partial charge on any atom is 0.355 e. The molecule has 130 valence electrons. The van der Waals surface area contributed by atoms with Crippen molar-refractivity contribution in [3.63, 3.8) is 0 Å². The summed E-state index contributed by atoms with van der Waals surface area (Å²) in [5, 5.41) is 0. The standard InChI is InChI=1S/C17H14BrNO6/c1-22-16(20)10-5-3-4-8-19(13(10)17(21)23-2)14-11(18)6-7-12-15(14)25-9-24-12/h3-8H,9H2,1-2H3. The fourth-order valence-corrected chi connectivity index (χ4v) is 3.00. The van der Waals surface area contributed by atoms with Crippen LogP contribution >= 0.6 is 15.9 Å². The molecule has 0 atom stereocenters. The van der Waals surface area contributed by atoms with E-state index in [1.165, 1.54) is 25.2 Å². The van der Waals surface area contributed by atoms with E-state index in [1.807, 2.05) is 0 Å². The van der Waals surface area contributed by atoms with Crippen LogP contribution in [-0.4, -0.2) is 33.0 Å². The Hall–Kier alpha value is -2.74. The Morgan fingerprint density at radius 3 is 2.60 bits per heavy atom. The second-order valence-electron chi connectivity index (χ2n) is 4.95. The van der Waals surface area contributed by atoms with E-state index in [9.17, 15) is 9.59 Å². The van der Waals surface area contributed by atoms with Crippen molar-refractivity contribution in [2.45, 2.75) is 0 Å². The summed E-state index contributed by atoms with van der Waals surface area (Å²) >= 11 is 3.46. The van der Waals surface area contributed by atoms with E-state index in [4.69, 9.17) is 18.9 Å². The highest BCUT2D eigenvalue weighted by Crippen LogP contribution is 2.47. The highest BCUT2D eigenvalue weighted by molar-refractivity contribution is 9.10. The lowest BCUT2D eigenvalue weighted by Crippen LogP contribution is -2.27. The predicted molar refractivity (Wildman–Crippen MR) is 92.1 cm³/mol. The number of carbonyl (C=O) groups is 2. The molecule has 1 aromatic carbocycles. The van der Waals surface area contributed by atoms with Crippen LogP contribution < -0.4 is 14.4 Å². The number of hydrogen-bond donors (Lipinski definition) is 0. The van der Waals surface area contributed by atoms with Crippen molar-refractivity contribution in [1.29, 1.82) is 0 Å². The number of benzene rings is 1. The van der Waals surface area contributed by atoms with Crippen molar-refractivity contribution in [1.82, 2.24) is 0 Å². The molecular weight excluding hydrogens is 394 g/mol. The van der Waals surface area contributed by atoms with Crippen LogP contribution in [0.25, 0.3) is 0 Å². The van der Waals surface area contributed by atoms with Gasteiger partial charge >= 0.3 is 11.9 Å². The molecule has 3 rings (SSSR count). The maximum absolute atomic E-state index is 12.5. The van der Waals surface area contributed by atoms with Crippen molar-refractivity contribution < 1.29 is 28.5 Å². The van der Waals surface area contributed by atoms with Crippen LogP contribution in [0.1, 0.15) is 0 Å². The third kappa shape index (κ3) is 3.00. The molecule has 25 heavy (non-hydrogen) atoms. The lowest BCUT2D eigenvalue weighted by molar-refractivity contribution is -0.139. The van der Waals surface area contributed by atoms with Crippen LogP contribution in [0, 0.1) is 0 Å². The molecule has 0 saturated heterocycles. The molecule has 2 heterocycles. The number of esters is 2. The largest absolute Gasteiger partial charge is 0.465 e. The Morgan fingerprint density at radius 1 is 1.12 bits per heavy atom. The van der Waals surface area contributed by atoms with Gasteiger partial charge in [0.25, 0.3) is 0 Å². The van der Waals surface area contributed by atoms with Gasteiger partial charge in [0.05, 0.1) is 19.8 Å². The number of anilines is 1. The van der Waals surface area contributed by atoms with Gasteiger partial charge in [0.1, 0.15) is 11.4 Å². The van der Waals surface area contributed by atoms with Gasteiger partial charge in [0.2, 0.25) is 6.79 Å². The van der Waals surface area contributed by atoms with Gasteiger partial charge < -0.3 is 23.8 Å². The summed E-state index contributed by atoms with van der Waals surface area (Å²) in [5.41, 5.74) is 0.573. The number of methoxy groups -OCH3 is 2. The summed E-state index contributed by atoms with van der Waals surface area (Å²) in [5.74, 6) is -0.370. The van der Waals surface area contributed by atoms with Gasteiger partial charge in [-0.05, 0) is 40.2 Å². The van der Waals surface area contributed by atoms with Gasteiger partial charge in [-0.1, -0.05) is 6.08 Å². The molecule has 0 saturated carbocycles. The van der Waals surface area contributed by atoms with E-state index in [-0.39, 0.29) is 18.1 Å². The minimum Gasteiger partial charge on any atom is -0.465 e. The second-order valence-corrected chi connectivity index (χ2v) is 5.80. The van der Waals surface area contributed by atoms with Crippen molar-refractivity contribution >= 4 is 33.6 Å². The topological polar surface area (TPSA) is 74.3 Å². The summed E-state index contributed by atoms with van der Waals surface area (Å²) in [6, 6.07) is 3.51. The van der Waals surface area contributed by atoms with Crippen molar-refractivity contribution in [3.05, 3.63) is 52.3 Å². The van der Waals surface area contributed by atoms with E-state index >= 15 is 0 Å². The second kappa shape index (κ2) is 7.02. The quantitative estimate of drug-likeness (QED) is 0.712. The molecule has 7 nitrogen and oxygen atoms in total. The number of allylic oxidation sites excluding steroid dienone is 2. The van der Waals surface area contributed by atoms with Gasteiger partial charge in [0, 0.05) is 10.7 Å². The van der Waals surface area contributed by atoms with Gasteiger partial charge in [-0.2, -0.15) is 0 Å². The normalized spacial score (nSPS) is 15.2. The highest BCUT2D eigenvalue weighted by Gasteiger charge is 2.32. The Kier molecular flexibility index (Phi) is 4.80. The zero-order valence-corrected chi connectivity index (χ0v) is 15.0. The van der Waals surface area contributed by atoms with E-state index in [2.05, 4.69) is 15.9 Å². The lowest BCUT2D eigenvalue weighted by atomic mass is 10.1. The van der Waals surface area contributed by atoms with Crippen LogP contribution in [-0.2, 0) is 19.1 Å². The summed E-state index contributed by atoms with van der Waals surface area (Å²) in [6.07, 6.45) is 6.42. The Bertz CT molecular complexity index is 827. The number of fused-ring (bicyclic) bond motifs is 1. The fourth-order valence-electron chi connectivity index (χ4n) is 2.49. The van der Waals surface area contributed by atoms with Crippen molar-refractivity contribution in [3.8, 4) is 11.5 Å². The highest BCUT2D eigenvalue weighted by atomic mass is 79.9. The smallest absolute Gasteiger partial charge is 0.355 e. The molecule has 0 amide bonds. The fraction of sp³-hybridized carbons (Fsp3) is 0.176. The first-order valence-electron chi connectivity index (χ1n) is 7.21. The van der Waals surface area contributed by atoms with Crippen LogP contribution in [0.3, 0.4) is 0 Å². The zero-order valence-electron chi connectivity index (χ0n) is 13.4. The summed E-state index contributed by atoms with van der Waals surface area (Å²) in [7, 11) is 2.48. The molecule has 0 radical (unpaired) electrons.